The smallest absolute Gasteiger partial charge is 0.0766 e. The minimum Gasteiger partial charge on any atom is -0.381 e. The Bertz CT molecular complexity index is 182. The molecule has 0 bridgehead atoms. The lowest BCUT2D eigenvalue weighted by molar-refractivity contribution is -0.169. The Labute approximate surface area is 79.6 Å². The second-order valence-corrected chi connectivity index (χ2v) is 4.39. The molecule has 2 rings (SSSR count). The average Bonchev–Trinajstić information content (AvgIpc) is 2.11. The second kappa shape index (κ2) is 3.56. The van der Waals surface area contributed by atoms with Crippen molar-refractivity contribution in [3.63, 3.8) is 0 Å². The summed E-state index contributed by atoms with van der Waals surface area (Å²) in [5.41, 5.74) is 6.02. The van der Waals surface area contributed by atoms with Gasteiger partial charge in [-0.15, -0.1) is 0 Å². The van der Waals surface area contributed by atoms with Gasteiger partial charge in [-0.05, 0) is 12.8 Å². The van der Waals surface area contributed by atoms with Crippen molar-refractivity contribution in [1.29, 1.82) is 0 Å². The quantitative estimate of drug-likeness (QED) is 0.610. The van der Waals surface area contributed by atoms with Crippen molar-refractivity contribution in [2.75, 3.05) is 19.8 Å². The zero-order valence-corrected chi connectivity index (χ0v) is 8.29. The van der Waals surface area contributed by atoms with Crippen LogP contribution in [-0.2, 0) is 9.47 Å². The lowest BCUT2D eigenvalue weighted by atomic mass is 9.77. The standard InChI is InChI=1S/C10H19NO2/c1-8-7-12-5-3-10(8)6-9(11)2-4-13-10/h8-9H,2-7,11H2,1H3. The fourth-order valence-corrected chi connectivity index (χ4v) is 2.44. The van der Waals surface area contributed by atoms with Crippen LogP contribution in [0.25, 0.3) is 0 Å². The normalized spacial score (nSPS) is 46.6. The molecule has 0 saturated carbocycles. The van der Waals surface area contributed by atoms with Crippen LogP contribution in [-0.4, -0.2) is 31.5 Å². The minimum absolute atomic E-state index is 0.0376. The summed E-state index contributed by atoms with van der Waals surface area (Å²) in [6.07, 6.45) is 3.04. The zero-order chi connectivity index (χ0) is 9.31. The van der Waals surface area contributed by atoms with E-state index in [1.54, 1.807) is 0 Å². The molecule has 1 spiro atoms. The first-order chi connectivity index (χ1) is 6.23. The summed E-state index contributed by atoms with van der Waals surface area (Å²) in [5.74, 6) is 0.493. The molecule has 2 N–H and O–H groups in total. The predicted octanol–water partition coefficient (Wildman–Crippen LogP) is 0.919. The van der Waals surface area contributed by atoms with Crippen molar-refractivity contribution in [3.05, 3.63) is 0 Å². The van der Waals surface area contributed by atoms with Gasteiger partial charge in [0.2, 0.25) is 0 Å². The van der Waals surface area contributed by atoms with E-state index in [1.807, 2.05) is 0 Å². The molecule has 3 atom stereocenters. The molecule has 2 aliphatic heterocycles. The predicted molar refractivity (Wildman–Crippen MR) is 50.5 cm³/mol. The Morgan fingerprint density at radius 1 is 1.38 bits per heavy atom. The van der Waals surface area contributed by atoms with Crippen molar-refractivity contribution in [2.24, 2.45) is 11.7 Å². The van der Waals surface area contributed by atoms with Gasteiger partial charge in [-0.2, -0.15) is 0 Å². The highest BCUT2D eigenvalue weighted by molar-refractivity contribution is 4.94. The molecule has 3 nitrogen and oxygen atoms in total. The molecule has 0 radical (unpaired) electrons. The lowest BCUT2D eigenvalue weighted by Gasteiger charge is -2.46. The summed E-state index contributed by atoms with van der Waals surface area (Å²) in [6, 6.07) is 0.328. The van der Waals surface area contributed by atoms with E-state index in [0.717, 1.165) is 39.1 Å². The Hall–Kier alpha value is -0.120. The van der Waals surface area contributed by atoms with Gasteiger partial charge >= 0.3 is 0 Å². The summed E-state index contributed by atoms with van der Waals surface area (Å²) in [6.45, 7) is 4.69. The van der Waals surface area contributed by atoms with Gasteiger partial charge in [0, 0.05) is 31.6 Å². The molecule has 0 aromatic rings. The van der Waals surface area contributed by atoms with Gasteiger partial charge in [0.05, 0.1) is 12.2 Å². The highest BCUT2D eigenvalue weighted by Crippen LogP contribution is 2.37. The molecule has 0 aromatic heterocycles. The average molecular weight is 185 g/mol. The first-order valence-electron chi connectivity index (χ1n) is 5.20. The third-order valence-electron chi connectivity index (χ3n) is 3.42. The van der Waals surface area contributed by atoms with E-state index >= 15 is 0 Å². The highest BCUT2D eigenvalue weighted by atomic mass is 16.5. The summed E-state index contributed by atoms with van der Waals surface area (Å²) >= 11 is 0. The summed E-state index contributed by atoms with van der Waals surface area (Å²) in [4.78, 5) is 0. The van der Waals surface area contributed by atoms with Gasteiger partial charge in [-0.1, -0.05) is 6.92 Å². The molecule has 0 aliphatic carbocycles. The lowest BCUT2D eigenvalue weighted by Crippen LogP contribution is -2.53. The molecule has 2 fully saturated rings. The molecular weight excluding hydrogens is 166 g/mol. The Morgan fingerprint density at radius 3 is 2.92 bits per heavy atom. The van der Waals surface area contributed by atoms with Crippen LogP contribution in [0, 0.1) is 5.92 Å². The van der Waals surface area contributed by atoms with Crippen molar-refractivity contribution in [2.45, 2.75) is 37.8 Å². The number of nitrogens with two attached hydrogens (primary N) is 1. The van der Waals surface area contributed by atoms with Crippen molar-refractivity contribution >= 4 is 0 Å². The topological polar surface area (TPSA) is 44.5 Å². The van der Waals surface area contributed by atoms with Crippen LogP contribution >= 0.6 is 0 Å². The molecule has 0 amide bonds. The number of hydrogen-bond acceptors (Lipinski definition) is 3. The van der Waals surface area contributed by atoms with Gasteiger partial charge in [0.15, 0.2) is 0 Å². The third-order valence-corrected chi connectivity index (χ3v) is 3.42. The summed E-state index contributed by atoms with van der Waals surface area (Å²) < 4.78 is 11.4. The van der Waals surface area contributed by atoms with Crippen LogP contribution in [0.1, 0.15) is 26.2 Å². The minimum atomic E-state index is 0.0376. The molecule has 13 heavy (non-hydrogen) atoms. The molecule has 2 saturated heterocycles. The SMILES string of the molecule is CC1COCCC12CC(N)CCO2. The largest absolute Gasteiger partial charge is 0.381 e. The first-order valence-corrected chi connectivity index (χ1v) is 5.20. The maximum Gasteiger partial charge on any atom is 0.0766 e. The van der Waals surface area contributed by atoms with Gasteiger partial charge in [-0.3, -0.25) is 0 Å². The summed E-state index contributed by atoms with van der Waals surface area (Å²) in [7, 11) is 0. The molecule has 3 unspecified atom stereocenters. The third kappa shape index (κ3) is 1.73. The molecule has 3 heteroatoms. The van der Waals surface area contributed by atoms with E-state index in [-0.39, 0.29) is 5.60 Å². The van der Waals surface area contributed by atoms with Gasteiger partial charge in [0.1, 0.15) is 0 Å². The first kappa shape index (κ1) is 9.44. The van der Waals surface area contributed by atoms with E-state index in [4.69, 9.17) is 15.2 Å². The fourth-order valence-electron chi connectivity index (χ4n) is 2.44. The molecule has 2 aliphatic rings. The van der Waals surface area contributed by atoms with Crippen LogP contribution in [0.4, 0.5) is 0 Å². The summed E-state index contributed by atoms with van der Waals surface area (Å²) in [5, 5.41) is 0. The molecule has 2 heterocycles. The van der Waals surface area contributed by atoms with Crippen molar-refractivity contribution in [1.82, 2.24) is 0 Å². The molecular formula is C10H19NO2. The fraction of sp³-hybridized carbons (Fsp3) is 1.00. The van der Waals surface area contributed by atoms with Crippen molar-refractivity contribution < 1.29 is 9.47 Å². The second-order valence-electron chi connectivity index (χ2n) is 4.39. The van der Waals surface area contributed by atoms with Crippen LogP contribution in [0.3, 0.4) is 0 Å². The monoisotopic (exact) mass is 185 g/mol. The number of hydrogen-bond donors (Lipinski definition) is 1. The van der Waals surface area contributed by atoms with E-state index in [2.05, 4.69) is 6.92 Å². The van der Waals surface area contributed by atoms with Crippen molar-refractivity contribution in [3.8, 4) is 0 Å². The van der Waals surface area contributed by atoms with Gasteiger partial charge < -0.3 is 15.2 Å². The van der Waals surface area contributed by atoms with Gasteiger partial charge in [-0.25, -0.2) is 0 Å². The number of ether oxygens (including phenoxy) is 2. The van der Waals surface area contributed by atoms with Crippen LogP contribution < -0.4 is 5.73 Å². The number of rotatable bonds is 0. The zero-order valence-electron chi connectivity index (χ0n) is 8.29. The van der Waals surface area contributed by atoms with Gasteiger partial charge in [0.25, 0.3) is 0 Å². The van der Waals surface area contributed by atoms with E-state index < -0.39 is 0 Å². The van der Waals surface area contributed by atoms with Crippen LogP contribution in [0.15, 0.2) is 0 Å². The highest BCUT2D eigenvalue weighted by Gasteiger charge is 2.43. The van der Waals surface area contributed by atoms with E-state index in [9.17, 15) is 0 Å². The maximum absolute atomic E-state index is 5.98. The Morgan fingerprint density at radius 2 is 2.23 bits per heavy atom. The van der Waals surface area contributed by atoms with E-state index in [0.29, 0.717) is 12.0 Å². The Balaban J connectivity index is 2.07. The maximum atomic E-state index is 5.98. The molecule has 76 valence electrons. The molecule has 0 aromatic carbocycles. The Kier molecular flexibility index (Phi) is 2.58. The van der Waals surface area contributed by atoms with Crippen LogP contribution in [0.2, 0.25) is 0 Å². The van der Waals surface area contributed by atoms with Crippen LogP contribution in [0.5, 0.6) is 0 Å². The van der Waals surface area contributed by atoms with E-state index in [1.165, 1.54) is 0 Å².